The van der Waals surface area contributed by atoms with Gasteiger partial charge in [-0.3, -0.25) is 0 Å². The molecule has 0 saturated carbocycles. The molecule has 164 valence electrons. The van der Waals surface area contributed by atoms with Crippen LogP contribution in [-0.2, 0) is 21.5 Å². The summed E-state index contributed by atoms with van der Waals surface area (Å²) < 4.78 is 36.2. The summed E-state index contributed by atoms with van der Waals surface area (Å²) in [6.45, 7) is -0.0342. The molecule has 1 aromatic carbocycles. The lowest BCUT2D eigenvalue weighted by Crippen LogP contribution is -2.44. The van der Waals surface area contributed by atoms with Gasteiger partial charge in [0.05, 0.1) is 26.9 Å². The summed E-state index contributed by atoms with van der Waals surface area (Å²) >= 11 is 16.4. The first kappa shape index (κ1) is 22.8. The number of fused-ring (bicyclic) bond motifs is 2. The highest BCUT2D eigenvalue weighted by molar-refractivity contribution is 8.03. The number of carboxylic acids is 1. The quantitative estimate of drug-likeness (QED) is 0.338. The first-order valence-corrected chi connectivity index (χ1v) is 13.6. The number of carbonyl (C=O) groups is 1. The van der Waals surface area contributed by atoms with E-state index in [2.05, 4.69) is 0 Å². The molecule has 3 heterocycles. The van der Waals surface area contributed by atoms with Crippen LogP contribution < -0.4 is 14.6 Å². The molecule has 0 N–H and O–H groups in total. The Morgan fingerprint density at radius 2 is 2.00 bits per heavy atom. The van der Waals surface area contributed by atoms with E-state index in [-0.39, 0.29) is 13.0 Å². The largest absolute Gasteiger partial charge is 0.748 e. The van der Waals surface area contributed by atoms with Crippen LogP contribution in [0.3, 0.4) is 0 Å². The molecular formula is C18H13Cl2N2O5S4-. The number of anilines is 1. The van der Waals surface area contributed by atoms with Gasteiger partial charge in [-0.15, -0.1) is 0 Å². The van der Waals surface area contributed by atoms with Crippen molar-refractivity contribution in [2.75, 3.05) is 17.2 Å². The van der Waals surface area contributed by atoms with E-state index < -0.39 is 21.8 Å². The number of thioether (sulfide) groups is 1. The van der Waals surface area contributed by atoms with E-state index in [1.165, 1.54) is 34.4 Å². The minimum atomic E-state index is -4.33. The first-order valence-electron chi connectivity index (χ1n) is 8.82. The molecule has 2 aromatic heterocycles. The third-order valence-corrected chi connectivity index (χ3v) is 9.01. The zero-order valence-corrected chi connectivity index (χ0v) is 20.3. The summed E-state index contributed by atoms with van der Waals surface area (Å²) in [6.07, 6.45) is 1.99. The molecule has 0 radical (unpaired) electrons. The van der Waals surface area contributed by atoms with Gasteiger partial charge in [-0.05, 0) is 30.7 Å². The number of nitrogens with zero attached hydrogens (tertiary/aromatic N) is 2. The van der Waals surface area contributed by atoms with Gasteiger partial charge in [-0.2, -0.15) is 4.57 Å². The summed E-state index contributed by atoms with van der Waals surface area (Å²) in [5, 5.41) is 13.3. The van der Waals surface area contributed by atoms with Crippen LogP contribution in [0.2, 0.25) is 9.36 Å². The number of hydrogen-bond acceptors (Lipinski definition) is 9. The maximum atomic E-state index is 11.3. The van der Waals surface area contributed by atoms with Crippen LogP contribution in [0.4, 0.5) is 5.69 Å². The van der Waals surface area contributed by atoms with E-state index in [1.54, 1.807) is 22.8 Å². The van der Waals surface area contributed by atoms with Gasteiger partial charge in [-0.25, -0.2) is 8.42 Å². The number of benzene rings is 1. The number of aromatic nitrogens is 1. The van der Waals surface area contributed by atoms with Gasteiger partial charge < -0.3 is 19.4 Å². The fraction of sp³-hybridized carbons (Fsp3) is 0.222. The number of carboxylic acid groups (broad SMARTS) is 1. The van der Waals surface area contributed by atoms with Crippen LogP contribution in [0.15, 0.2) is 34.2 Å². The molecule has 31 heavy (non-hydrogen) atoms. The Bertz CT molecular complexity index is 1320. The SMILES string of the molecule is O=C([O-])C[n+]1c(C=C2Sc3ccc(Cl)cc3N2CCCS(=O)(=O)[O-])sc2cc(Cl)sc21. The molecule has 4 rings (SSSR count). The van der Waals surface area contributed by atoms with Crippen molar-refractivity contribution in [3.05, 3.63) is 43.7 Å². The van der Waals surface area contributed by atoms with Gasteiger partial charge in [0.15, 0.2) is 6.54 Å². The molecule has 0 fully saturated rings. The molecule has 0 atom stereocenters. The van der Waals surface area contributed by atoms with Crippen LogP contribution >= 0.6 is 57.6 Å². The lowest BCUT2D eigenvalue weighted by atomic mass is 10.2. The predicted octanol–water partition coefficient (Wildman–Crippen LogP) is 3.15. The normalized spacial score (nSPS) is 15.2. The molecule has 1 aliphatic rings. The topological polar surface area (TPSA) is 104 Å². The summed E-state index contributed by atoms with van der Waals surface area (Å²) in [6, 6.07) is 7.18. The van der Waals surface area contributed by atoms with E-state index in [0.717, 1.165) is 25.1 Å². The van der Waals surface area contributed by atoms with Crippen LogP contribution in [0.1, 0.15) is 11.4 Å². The van der Waals surface area contributed by atoms with E-state index in [4.69, 9.17) is 23.2 Å². The molecule has 13 heteroatoms. The lowest BCUT2D eigenvalue weighted by Gasteiger charge is -2.20. The first-order chi connectivity index (χ1) is 14.6. The third kappa shape index (κ3) is 5.19. The molecule has 0 spiro atoms. The van der Waals surface area contributed by atoms with Gasteiger partial charge in [0.2, 0.25) is 0 Å². The molecule has 3 aromatic rings. The van der Waals surface area contributed by atoms with E-state index in [9.17, 15) is 22.9 Å². The fourth-order valence-corrected chi connectivity index (χ4v) is 7.60. The molecular weight excluding hydrogens is 523 g/mol. The van der Waals surface area contributed by atoms with Crippen LogP contribution in [0, 0.1) is 0 Å². The third-order valence-electron chi connectivity index (χ3n) is 4.38. The van der Waals surface area contributed by atoms with Crippen molar-refractivity contribution >= 4 is 95.0 Å². The van der Waals surface area contributed by atoms with Crippen molar-refractivity contribution in [3.63, 3.8) is 0 Å². The number of hydrogen-bond donors (Lipinski definition) is 0. The maximum Gasteiger partial charge on any atom is 0.282 e. The summed E-state index contributed by atoms with van der Waals surface area (Å²) in [5.41, 5.74) is 0.805. The lowest BCUT2D eigenvalue weighted by molar-refractivity contribution is -0.661. The smallest absolute Gasteiger partial charge is 0.282 e. The Morgan fingerprint density at radius 1 is 1.23 bits per heavy atom. The van der Waals surface area contributed by atoms with Gasteiger partial charge in [0.1, 0.15) is 15.0 Å². The minimum Gasteiger partial charge on any atom is -0.748 e. The zero-order valence-electron chi connectivity index (χ0n) is 15.5. The average molecular weight is 536 g/mol. The number of rotatable bonds is 7. The second kappa shape index (κ2) is 8.89. The van der Waals surface area contributed by atoms with Crippen molar-refractivity contribution in [1.82, 2.24) is 0 Å². The van der Waals surface area contributed by atoms with Gasteiger partial charge >= 0.3 is 0 Å². The average Bonchev–Trinajstić information content (AvgIpc) is 3.27. The van der Waals surface area contributed by atoms with Crippen molar-refractivity contribution in [2.45, 2.75) is 17.9 Å². The van der Waals surface area contributed by atoms with Gasteiger partial charge in [0, 0.05) is 22.2 Å². The summed E-state index contributed by atoms with van der Waals surface area (Å²) in [4.78, 5) is 14.9. The van der Waals surface area contributed by atoms with E-state index in [1.807, 2.05) is 17.0 Å². The van der Waals surface area contributed by atoms with Crippen molar-refractivity contribution < 1.29 is 27.4 Å². The highest BCUT2D eigenvalue weighted by Crippen LogP contribution is 2.48. The second-order valence-electron chi connectivity index (χ2n) is 6.58. The zero-order chi connectivity index (χ0) is 22.3. The fourth-order valence-electron chi connectivity index (χ4n) is 3.17. The second-order valence-corrected chi connectivity index (χ2v) is 12.3. The number of halogens is 2. The molecule has 0 bridgehead atoms. The summed E-state index contributed by atoms with van der Waals surface area (Å²) in [5.74, 6) is -1.70. The Balaban J connectivity index is 1.74. The van der Waals surface area contributed by atoms with Crippen molar-refractivity contribution in [2.24, 2.45) is 0 Å². The van der Waals surface area contributed by atoms with Crippen LogP contribution in [0.5, 0.6) is 0 Å². The number of aliphatic carboxylic acids is 1. The Kier molecular flexibility index (Phi) is 6.55. The Labute approximate surface area is 200 Å². The van der Waals surface area contributed by atoms with Crippen molar-refractivity contribution in [3.8, 4) is 0 Å². The molecule has 1 aliphatic heterocycles. The molecule has 0 amide bonds. The highest BCUT2D eigenvalue weighted by Gasteiger charge is 2.29. The highest BCUT2D eigenvalue weighted by atomic mass is 35.5. The van der Waals surface area contributed by atoms with Crippen LogP contribution in [0.25, 0.3) is 15.6 Å². The number of thiazole rings is 1. The maximum absolute atomic E-state index is 11.3. The standard InChI is InChI=1S/C18H14Cl2N2O5S4/c19-10-2-3-12-11(6-10)21(4-1-5-31(25,26)27)15(28-12)8-16-22(9-17(23)24)18-13(29-16)7-14(20)30-18/h2-3,6-8H,1,4-5,9H2,(H-,23,24,25,26,27)/p-1. The van der Waals surface area contributed by atoms with E-state index >= 15 is 0 Å². The van der Waals surface area contributed by atoms with Gasteiger partial charge in [0.25, 0.3) is 9.84 Å². The minimum absolute atomic E-state index is 0.143. The Hall–Kier alpha value is -1.34. The van der Waals surface area contributed by atoms with Crippen LogP contribution in [-0.4, -0.2) is 31.2 Å². The van der Waals surface area contributed by atoms with E-state index in [0.29, 0.717) is 20.9 Å². The monoisotopic (exact) mass is 535 g/mol. The molecule has 7 nitrogen and oxygen atoms in total. The Morgan fingerprint density at radius 3 is 2.71 bits per heavy atom. The van der Waals surface area contributed by atoms with Crippen molar-refractivity contribution in [1.29, 1.82) is 0 Å². The summed E-state index contributed by atoms with van der Waals surface area (Å²) in [7, 11) is -4.33. The van der Waals surface area contributed by atoms with Gasteiger partial charge in [-0.1, -0.05) is 57.6 Å². The number of thiophene rings is 1. The molecule has 0 aliphatic carbocycles. The predicted molar refractivity (Wildman–Crippen MR) is 122 cm³/mol. The molecule has 0 unspecified atom stereocenters. The number of carbonyl (C=O) groups excluding carboxylic acids is 1. The molecule has 0 saturated heterocycles.